The number of fused-ring (bicyclic) bond motifs is 1. The summed E-state index contributed by atoms with van der Waals surface area (Å²) in [6, 6.07) is 9.58. The van der Waals surface area contributed by atoms with E-state index < -0.39 is 18.5 Å². The second-order valence-electron chi connectivity index (χ2n) is 10.2. The molecule has 3 aromatic heterocycles. The van der Waals surface area contributed by atoms with E-state index >= 15 is 0 Å². The fraction of sp³-hybridized carbons (Fsp3) is 0.393. The van der Waals surface area contributed by atoms with Gasteiger partial charge in [-0.2, -0.15) is 13.2 Å². The highest BCUT2D eigenvalue weighted by Crippen LogP contribution is 2.31. The number of halogens is 3. The molecule has 2 N–H and O–H groups in total. The van der Waals surface area contributed by atoms with Crippen molar-refractivity contribution in [2.45, 2.75) is 45.5 Å². The minimum Gasteiger partial charge on any atom is -0.487 e. The maximum Gasteiger partial charge on any atom is 0.397 e. The van der Waals surface area contributed by atoms with Crippen LogP contribution in [0.15, 0.2) is 49.1 Å². The largest absolute Gasteiger partial charge is 0.487 e. The third-order valence-corrected chi connectivity index (χ3v) is 6.88. The minimum absolute atomic E-state index is 0.0190. The molecule has 1 unspecified atom stereocenters. The molecular weight excluding hydrogens is 537 g/mol. The lowest BCUT2D eigenvalue weighted by Crippen LogP contribution is -2.50. The smallest absolute Gasteiger partial charge is 0.397 e. The summed E-state index contributed by atoms with van der Waals surface area (Å²) in [6.45, 7) is 7.41. The normalized spacial score (nSPS) is 15.3. The number of carbonyl (C=O) groups excluding carboxylic acids is 1. The van der Waals surface area contributed by atoms with Crippen LogP contribution in [-0.4, -0.2) is 79.1 Å². The molecule has 10 nitrogen and oxygen atoms in total. The number of carbonyl (C=O) groups is 1. The van der Waals surface area contributed by atoms with E-state index in [1.165, 1.54) is 11.2 Å². The summed E-state index contributed by atoms with van der Waals surface area (Å²) in [5.74, 6) is 0.840. The highest BCUT2D eigenvalue weighted by atomic mass is 19.4. The van der Waals surface area contributed by atoms with Crippen LogP contribution >= 0.6 is 0 Å². The highest BCUT2D eigenvalue weighted by Gasteiger charge is 2.35. The first-order valence-electron chi connectivity index (χ1n) is 13.3. The molecule has 1 aliphatic rings. The molecule has 13 heteroatoms. The van der Waals surface area contributed by atoms with Crippen molar-refractivity contribution < 1.29 is 22.7 Å². The van der Waals surface area contributed by atoms with Gasteiger partial charge in [-0.25, -0.2) is 19.9 Å². The van der Waals surface area contributed by atoms with E-state index in [4.69, 9.17) is 4.74 Å². The second-order valence-corrected chi connectivity index (χ2v) is 10.2. The van der Waals surface area contributed by atoms with Gasteiger partial charge in [0.2, 0.25) is 11.9 Å². The molecule has 1 saturated heterocycles. The van der Waals surface area contributed by atoms with E-state index in [9.17, 15) is 18.0 Å². The average molecular weight is 569 g/mol. The number of nitrogens with zero attached hydrogens (tertiary/aromatic N) is 6. The SMILES string of the molecule is CC(C)Oc1cncnc1-c1ccc2nc(Nc3cc(C(C)N4CCN(C(=O)CC(F)(F)F)CC4)ccn3)[nH]c2c1. The average Bonchev–Trinajstić information content (AvgIpc) is 3.33. The molecule has 0 spiro atoms. The van der Waals surface area contributed by atoms with Gasteiger partial charge in [-0.05, 0) is 50.6 Å². The Morgan fingerprint density at radius 1 is 1.10 bits per heavy atom. The van der Waals surface area contributed by atoms with Gasteiger partial charge >= 0.3 is 6.18 Å². The number of nitrogens with one attached hydrogen (secondary N) is 2. The van der Waals surface area contributed by atoms with E-state index in [0.717, 1.165) is 22.2 Å². The van der Waals surface area contributed by atoms with Crippen LogP contribution in [-0.2, 0) is 4.79 Å². The van der Waals surface area contributed by atoms with E-state index in [1.807, 2.05) is 51.1 Å². The van der Waals surface area contributed by atoms with Crippen molar-refractivity contribution in [2.24, 2.45) is 0 Å². The number of benzene rings is 1. The summed E-state index contributed by atoms with van der Waals surface area (Å²) >= 11 is 0. The van der Waals surface area contributed by atoms with Crippen LogP contribution in [0.4, 0.5) is 24.9 Å². The number of hydrogen-bond acceptors (Lipinski definition) is 8. The van der Waals surface area contributed by atoms with E-state index in [0.29, 0.717) is 36.3 Å². The van der Waals surface area contributed by atoms with Crippen LogP contribution in [0.2, 0.25) is 0 Å². The summed E-state index contributed by atoms with van der Waals surface area (Å²) in [6.07, 6.45) is -1.09. The molecule has 1 amide bonds. The number of hydrogen-bond donors (Lipinski definition) is 2. The molecule has 5 rings (SSSR count). The van der Waals surface area contributed by atoms with Crippen molar-refractivity contribution in [3.05, 3.63) is 54.6 Å². The van der Waals surface area contributed by atoms with Gasteiger partial charge in [-0.3, -0.25) is 9.69 Å². The van der Waals surface area contributed by atoms with Crippen LogP contribution in [0, 0.1) is 0 Å². The van der Waals surface area contributed by atoms with Crippen LogP contribution in [0.3, 0.4) is 0 Å². The number of imidazole rings is 1. The summed E-state index contributed by atoms with van der Waals surface area (Å²) < 4.78 is 43.7. The molecule has 1 aliphatic heterocycles. The zero-order valence-corrected chi connectivity index (χ0v) is 22.9. The predicted octanol–water partition coefficient (Wildman–Crippen LogP) is 5.10. The molecule has 4 aromatic rings. The van der Waals surface area contributed by atoms with Crippen LogP contribution in [0.25, 0.3) is 22.3 Å². The summed E-state index contributed by atoms with van der Waals surface area (Å²) in [7, 11) is 0. The third kappa shape index (κ3) is 6.91. The van der Waals surface area contributed by atoms with Crippen molar-refractivity contribution in [1.29, 1.82) is 0 Å². The summed E-state index contributed by atoms with van der Waals surface area (Å²) in [4.78, 5) is 36.2. The van der Waals surface area contributed by atoms with Crippen LogP contribution < -0.4 is 10.1 Å². The summed E-state index contributed by atoms with van der Waals surface area (Å²) in [5, 5.41) is 3.23. The van der Waals surface area contributed by atoms with Gasteiger partial charge in [0, 0.05) is 44.0 Å². The van der Waals surface area contributed by atoms with Crippen molar-refractivity contribution >= 4 is 28.7 Å². The van der Waals surface area contributed by atoms with Gasteiger partial charge < -0.3 is 19.9 Å². The van der Waals surface area contributed by atoms with Crippen molar-refractivity contribution in [1.82, 2.24) is 34.7 Å². The Balaban J connectivity index is 1.26. The first kappa shape index (κ1) is 28.3. The number of ether oxygens (including phenoxy) is 1. The zero-order chi connectivity index (χ0) is 29.1. The Kier molecular flexibility index (Phi) is 8.06. The number of amides is 1. The van der Waals surface area contributed by atoms with Gasteiger partial charge in [0.25, 0.3) is 0 Å². The Morgan fingerprint density at radius 2 is 1.88 bits per heavy atom. The molecule has 216 valence electrons. The molecule has 0 radical (unpaired) electrons. The molecule has 1 fully saturated rings. The topological polar surface area (TPSA) is 112 Å². The number of alkyl halides is 3. The Morgan fingerprint density at radius 3 is 2.61 bits per heavy atom. The number of H-pyrrole nitrogens is 1. The highest BCUT2D eigenvalue weighted by molar-refractivity contribution is 5.84. The number of anilines is 2. The first-order valence-corrected chi connectivity index (χ1v) is 13.3. The second kappa shape index (κ2) is 11.7. The molecule has 1 atom stereocenters. The number of rotatable bonds is 8. The van der Waals surface area contributed by atoms with Crippen molar-refractivity contribution in [2.75, 3.05) is 31.5 Å². The van der Waals surface area contributed by atoms with E-state index in [-0.39, 0.29) is 25.2 Å². The van der Waals surface area contributed by atoms with Gasteiger partial charge in [0.15, 0.2) is 5.75 Å². The molecular formula is C28H31F3N8O2. The first-order chi connectivity index (χ1) is 19.6. The quantitative estimate of drug-likeness (QED) is 0.302. The Hall–Kier alpha value is -4.26. The lowest BCUT2D eigenvalue weighted by atomic mass is 10.1. The fourth-order valence-electron chi connectivity index (χ4n) is 4.84. The number of aromatic amines is 1. The van der Waals surface area contributed by atoms with Crippen molar-refractivity contribution in [3.8, 4) is 17.0 Å². The van der Waals surface area contributed by atoms with Gasteiger partial charge in [0.05, 0.1) is 23.3 Å². The number of pyridine rings is 1. The maximum absolute atomic E-state index is 12.6. The third-order valence-electron chi connectivity index (χ3n) is 6.88. The molecule has 0 aliphatic carbocycles. The summed E-state index contributed by atoms with van der Waals surface area (Å²) in [5.41, 5.74) is 4.10. The van der Waals surface area contributed by atoms with Crippen LogP contribution in [0.5, 0.6) is 5.75 Å². The van der Waals surface area contributed by atoms with E-state index in [2.05, 4.69) is 35.1 Å². The fourth-order valence-corrected chi connectivity index (χ4v) is 4.84. The lowest BCUT2D eigenvalue weighted by molar-refractivity contribution is -0.162. The van der Waals surface area contributed by atoms with Gasteiger partial charge in [-0.15, -0.1) is 0 Å². The minimum atomic E-state index is -4.49. The van der Waals surface area contributed by atoms with Gasteiger partial charge in [0.1, 0.15) is 24.3 Å². The molecule has 4 heterocycles. The monoisotopic (exact) mass is 568 g/mol. The maximum atomic E-state index is 12.6. The number of aromatic nitrogens is 5. The Labute approximate surface area is 235 Å². The van der Waals surface area contributed by atoms with Gasteiger partial charge in [-0.1, -0.05) is 6.07 Å². The molecule has 0 bridgehead atoms. The molecule has 0 saturated carbocycles. The standard InChI is InChI=1S/C28H31F3N8O2/c1-17(2)41-23-15-32-16-34-26(23)20-4-5-21-22(12-20)36-27(35-21)37-24-13-19(6-7-33-24)18(3)38-8-10-39(11-9-38)25(40)14-28(29,30)31/h4-7,12-13,15-18H,8-11,14H2,1-3H3,(H2,33,35,36,37). The zero-order valence-electron chi connectivity index (χ0n) is 22.9. The number of piperazine rings is 1. The van der Waals surface area contributed by atoms with E-state index in [1.54, 1.807) is 12.4 Å². The Bertz CT molecular complexity index is 1520. The molecule has 1 aromatic carbocycles. The van der Waals surface area contributed by atoms with Crippen molar-refractivity contribution in [3.63, 3.8) is 0 Å². The molecule has 41 heavy (non-hydrogen) atoms. The predicted molar refractivity (Wildman–Crippen MR) is 148 cm³/mol. The van der Waals surface area contributed by atoms with Crippen LogP contribution in [0.1, 0.15) is 38.8 Å². The lowest BCUT2D eigenvalue weighted by Gasteiger charge is -2.38.